The number of halogens is 1. The minimum absolute atomic E-state index is 0.0739. The van der Waals surface area contributed by atoms with Gasteiger partial charge in [0.1, 0.15) is 6.10 Å². The van der Waals surface area contributed by atoms with E-state index in [-0.39, 0.29) is 17.8 Å². The highest BCUT2D eigenvalue weighted by Crippen LogP contribution is 2.24. The molecule has 1 amide bonds. The summed E-state index contributed by atoms with van der Waals surface area (Å²) >= 11 is 0. The molecule has 0 aliphatic carbocycles. The van der Waals surface area contributed by atoms with Gasteiger partial charge in [0.05, 0.1) is 0 Å². The minimum Gasteiger partial charge on any atom is -0.485 e. The Morgan fingerprint density at radius 3 is 2.76 bits per heavy atom. The molecule has 3 rings (SSSR count). The molecule has 2 fully saturated rings. The van der Waals surface area contributed by atoms with Crippen LogP contribution in [0.5, 0.6) is 5.75 Å². The second-order valence-electron chi connectivity index (χ2n) is 6.07. The van der Waals surface area contributed by atoms with Crippen molar-refractivity contribution in [1.82, 2.24) is 9.80 Å². The maximum atomic E-state index is 13.5. The molecule has 0 radical (unpaired) electrons. The van der Waals surface area contributed by atoms with Gasteiger partial charge in [0.2, 0.25) is 5.91 Å². The number of ether oxygens (including phenoxy) is 1. The summed E-state index contributed by atoms with van der Waals surface area (Å²) in [5, 5.41) is 0. The van der Waals surface area contributed by atoms with Gasteiger partial charge < -0.3 is 9.64 Å². The summed E-state index contributed by atoms with van der Waals surface area (Å²) in [5.41, 5.74) is 0. The Balaban J connectivity index is 1.42. The fourth-order valence-electron chi connectivity index (χ4n) is 3.08. The second kappa shape index (κ2) is 6.02. The molecule has 0 saturated carbocycles. The third kappa shape index (κ3) is 3.35. The molecule has 4 nitrogen and oxygen atoms in total. The van der Waals surface area contributed by atoms with Crippen molar-refractivity contribution < 1.29 is 13.9 Å². The van der Waals surface area contributed by atoms with Crippen LogP contribution in [0.2, 0.25) is 0 Å². The number of para-hydroxylation sites is 1. The van der Waals surface area contributed by atoms with E-state index in [1.807, 2.05) is 11.9 Å². The van der Waals surface area contributed by atoms with Gasteiger partial charge >= 0.3 is 0 Å². The zero-order valence-electron chi connectivity index (χ0n) is 12.3. The molecule has 2 aliphatic rings. The average Bonchev–Trinajstić information content (AvgIpc) is 2.42. The summed E-state index contributed by atoms with van der Waals surface area (Å²) in [4.78, 5) is 15.6. The lowest BCUT2D eigenvalue weighted by Gasteiger charge is -2.42. The van der Waals surface area contributed by atoms with Crippen molar-refractivity contribution in [3.05, 3.63) is 30.1 Å². The highest BCUT2D eigenvalue weighted by molar-refractivity contribution is 5.76. The Hall–Kier alpha value is -1.62. The van der Waals surface area contributed by atoms with Gasteiger partial charge in [0.15, 0.2) is 11.6 Å². The minimum atomic E-state index is -0.302. The van der Waals surface area contributed by atoms with Crippen LogP contribution in [0.25, 0.3) is 0 Å². The van der Waals surface area contributed by atoms with Crippen LogP contribution in [-0.2, 0) is 4.79 Å². The molecule has 1 unspecified atom stereocenters. The van der Waals surface area contributed by atoms with Crippen LogP contribution in [0.15, 0.2) is 24.3 Å². The number of piperidine rings is 1. The summed E-state index contributed by atoms with van der Waals surface area (Å²) < 4.78 is 19.1. The van der Waals surface area contributed by atoms with Gasteiger partial charge in [-0.15, -0.1) is 0 Å². The van der Waals surface area contributed by atoms with Crippen LogP contribution in [0.1, 0.15) is 12.8 Å². The lowest BCUT2D eigenvalue weighted by Crippen LogP contribution is -2.56. The summed E-state index contributed by atoms with van der Waals surface area (Å²) in [5.74, 6) is 0.825. The second-order valence-corrected chi connectivity index (χ2v) is 6.07. The van der Waals surface area contributed by atoms with Crippen LogP contribution in [0.3, 0.4) is 0 Å². The molecule has 0 N–H and O–H groups in total. The molecule has 114 valence electrons. The largest absolute Gasteiger partial charge is 0.485 e. The average molecular weight is 292 g/mol. The monoisotopic (exact) mass is 292 g/mol. The lowest BCUT2D eigenvalue weighted by molar-refractivity contribution is -0.133. The third-order valence-corrected chi connectivity index (χ3v) is 4.29. The first-order chi connectivity index (χ1) is 10.1. The number of hydrogen-bond donors (Lipinski definition) is 0. The first-order valence-electron chi connectivity index (χ1n) is 7.49. The van der Waals surface area contributed by atoms with Gasteiger partial charge in [0, 0.05) is 39.6 Å². The Morgan fingerprint density at radius 1 is 1.29 bits per heavy atom. The van der Waals surface area contributed by atoms with Crippen molar-refractivity contribution in [3.8, 4) is 5.75 Å². The summed E-state index contributed by atoms with van der Waals surface area (Å²) in [7, 11) is 1.87. The van der Waals surface area contributed by atoms with Gasteiger partial charge in [-0.25, -0.2) is 4.39 Å². The van der Waals surface area contributed by atoms with Crippen LogP contribution < -0.4 is 4.74 Å². The highest BCUT2D eigenvalue weighted by atomic mass is 19.1. The molecule has 1 aromatic rings. The van der Waals surface area contributed by atoms with Crippen LogP contribution >= 0.6 is 0 Å². The molecule has 0 spiro atoms. The number of hydrogen-bond acceptors (Lipinski definition) is 3. The van der Waals surface area contributed by atoms with E-state index in [1.165, 1.54) is 6.07 Å². The lowest BCUT2D eigenvalue weighted by atomic mass is 9.96. The number of benzene rings is 1. The smallest absolute Gasteiger partial charge is 0.222 e. The number of carbonyl (C=O) groups excluding carboxylic acids is 1. The van der Waals surface area contributed by atoms with Crippen LogP contribution in [-0.4, -0.2) is 55.0 Å². The molecule has 2 aliphatic heterocycles. The number of rotatable bonds is 4. The van der Waals surface area contributed by atoms with Crippen molar-refractivity contribution in [2.24, 2.45) is 5.92 Å². The standard InChI is InChI=1S/C16H21FN2O2/c1-18-8-12(6-7-16(18)20)9-19-10-13(11-19)21-15-5-3-2-4-14(15)17/h2-5,12-13H,6-11H2,1H3. The summed E-state index contributed by atoms with van der Waals surface area (Å²) in [6.07, 6.45) is 1.70. The predicted molar refractivity (Wildman–Crippen MR) is 77.6 cm³/mol. The molecule has 1 atom stereocenters. The van der Waals surface area contributed by atoms with E-state index >= 15 is 0 Å². The van der Waals surface area contributed by atoms with Crippen molar-refractivity contribution in [1.29, 1.82) is 0 Å². The molecule has 0 bridgehead atoms. The van der Waals surface area contributed by atoms with Gasteiger partial charge in [-0.05, 0) is 24.5 Å². The predicted octanol–water partition coefficient (Wildman–Crippen LogP) is 1.76. The fraction of sp³-hybridized carbons (Fsp3) is 0.562. The fourth-order valence-corrected chi connectivity index (χ4v) is 3.08. The maximum Gasteiger partial charge on any atom is 0.222 e. The van der Waals surface area contributed by atoms with Crippen molar-refractivity contribution >= 4 is 5.91 Å². The van der Waals surface area contributed by atoms with E-state index in [1.54, 1.807) is 18.2 Å². The van der Waals surface area contributed by atoms with Gasteiger partial charge in [-0.2, -0.15) is 0 Å². The van der Waals surface area contributed by atoms with Crippen molar-refractivity contribution in [3.63, 3.8) is 0 Å². The Labute approximate surface area is 124 Å². The molecular weight excluding hydrogens is 271 g/mol. The SMILES string of the molecule is CN1CC(CN2CC(Oc3ccccc3F)C2)CCC1=O. The van der Waals surface area contributed by atoms with E-state index in [2.05, 4.69) is 4.90 Å². The number of amides is 1. The van der Waals surface area contributed by atoms with Crippen LogP contribution in [0.4, 0.5) is 4.39 Å². The normalized spacial score (nSPS) is 24.0. The van der Waals surface area contributed by atoms with E-state index in [0.717, 1.165) is 32.6 Å². The highest BCUT2D eigenvalue weighted by Gasteiger charge is 2.32. The van der Waals surface area contributed by atoms with Crippen LogP contribution in [0, 0.1) is 11.7 Å². The van der Waals surface area contributed by atoms with Gasteiger partial charge in [-0.3, -0.25) is 9.69 Å². The first-order valence-corrected chi connectivity index (χ1v) is 7.49. The number of carbonyl (C=O) groups is 1. The zero-order valence-corrected chi connectivity index (χ0v) is 12.3. The van der Waals surface area contributed by atoms with Crippen molar-refractivity contribution in [2.45, 2.75) is 18.9 Å². The quantitative estimate of drug-likeness (QED) is 0.848. The molecular formula is C16H21FN2O2. The zero-order chi connectivity index (χ0) is 14.8. The molecule has 2 heterocycles. The number of likely N-dealkylation sites (tertiary alicyclic amines) is 2. The molecule has 0 aromatic heterocycles. The first kappa shape index (κ1) is 14.3. The third-order valence-electron chi connectivity index (χ3n) is 4.29. The van der Waals surface area contributed by atoms with Crippen molar-refractivity contribution in [2.75, 3.05) is 33.2 Å². The van der Waals surface area contributed by atoms with E-state index in [0.29, 0.717) is 18.1 Å². The molecule has 5 heteroatoms. The Morgan fingerprint density at radius 2 is 2.05 bits per heavy atom. The maximum absolute atomic E-state index is 13.5. The number of nitrogens with zero attached hydrogens (tertiary/aromatic N) is 2. The molecule has 1 aromatic carbocycles. The van der Waals surface area contributed by atoms with E-state index < -0.39 is 0 Å². The van der Waals surface area contributed by atoms with Gasteiger partial charge in [-0.1, -0.05) is 12.1 Å². The summed E-state index contributed by atoms with van der Waals surface area (Å²) in [6.45, 7) is 3.51. The van der Waals surface area contributed by atoms with E-state index in [4.69, 9.17) is 4.74 Å². The Kier molecular flexibility index (Phi) is 4.10. The molecule has 2 saturated heterocycles. The van der Waals surface area contributed by atoms with Gasteiger partial charge in [0.25, 0.3) is 0 Å². The molecule has 21 heavy (non-hydrogen) atoms. The summed E-state index contributed by atoms with van der Waals surface area (Å²) in [6, 6.07) is 6.53. The Bertz CT molecular complexity index is 517. The van der Waals surface area contributed by atoms with E-state index in [9.17, 15) is 9.18 Å². The topological polar surface area (TPSA) is 32.8 Å².